The van der Waals surface area contributed by atoms with E-state index >= 15 is 0 Å². The summed E-state index contributed by atoms with van der Waals surface area (Å²) in [6, 6.07) is 9.02. The second-order valence-electron chi connectivity index (χ2n) is 7.92. The molecule has 0 aliphatic heterocycles. The number of benzene rings is 2. The van der Waals surface area contributed by atoms with Crippen LogP contribution in [0, 0.1) is 19.7 Å². The topological polar surface area (TPSA) is 102 Å². The molecule has 1 heterocycles. The summed E-state index contributed by atoms with van der Waals surface area (Å²) in [5.74, 6) is -1.78. The molecule has 3 aromatic rings. The molecule has 3 rings (SSSR count). The fourth-order valence-corrected chi connectivity index (χ4v) is 5.79. The third kappa shape index (κ3) is 6.14. The zero-order chi connectivity index (χ0) is 25.8. The summed E-state index contributed by atoms with van der Waals surface area (Å²) < 4.78 is 46.2. The molecular formula is C25H27FN2O5S2. The van der Waals surface area contributed by atoms with Crippen molar-refractivity contribution in [2.75, 3.05) is 11.9 Å². The van der Waals surface area contributed by atoms with Crippen molar-refractivity contribution in [2.45, 2.75) is 45.1 Å². The highest BCUT2D eigenvalue weighted by atomic mass is 32.2. The lowest BCUT2D eigenvalue weighted by molar-refractivity contribution is -0.117. The molecule has 1 unspecified atom stereocenters. The van der Waals surface area contributed by atoms with E-state index in [2.05, 4.69) is 10.0 Å². The molecule has 0 fully saturated rings. The molecule has 7 nitrogen and oxygen atoms in total. The molecule has 0 bridgehead atoms. The van der Waals surface area contributed by atoms with Crippen molar-refractivity contribution < 1.29 is 27.1 Å². The van der Waals surface area contributed by atoms with Gasteiger partial charge in [-0.05, 0) is 62.6 Å². The van der Waals surface area contributed by atoms with Gasteiger partial charge < -0.3 is 10.1 Å². The van der Waals surface area contributed by atoms with Crippen LogP contribution in [0.15, 0.2) is 52.7 Å². The molecule has 0 saturated heterocycles. The van der Waals surface area contributed by atoms with Gasteiger partial charge in [-0.25, -0.2) is 17.6 Å². The number of thiophene rings is 1. The van der Waals surface area contributed by atoms with Gasteiger partial charge in [0.25, 0.3) is 0 Å². The van der Waals surface area contributed by atoms with Gasteiger partial charge in [-0.3, -0.25) is 4.79 Å². The second-order valence-corrected chi connectivity index (χ2v) is 10.5. The largest absolute Gasteiger partial charge is 0.462 e. The monoisotopic (exact) mass is 518 g/mol. The van der Waals surface area contributed by atoms with Gasteiger partial charge in [0, 0.05) is 10.9 Å². The normalized spacial score (nSPS) is 12.3. The summed E-state index contributed by atoms with van der Waals surface area (Å²) in [4.78, 5) is 25.7. The first kappa shape index (κ1) is 26.5. The maximum Gasteiger partial charge on any atom is 0.341 e. The highest BCUT2D eigenvalue weighted by Gasteiger charge is 2.28. The van der Waals surface area contributed by atoms with Crippen molar-refractivity contribution in [2.24, 2.45) is 0 Å². The number of amides is 1. The summed E-state index contributed by atoms with van der Waals surface area (Å²) in [7, 11) is -4.07. The van der Waals surface area contributed by atoms with Crippen LogP contribution in [0.2, 0.25) is 0 Å². The Hall–Kier alpha value is -3.08. The minimum absolute atomic E-state index is 0.149. The van der Waals surface area contributed by atoms with E-state index in [1.54, 1.807) is 19.2 Å². The number of carbonyl (C=O) groups is 2. The Kier molecular flexibility index (Phi) is 8.42. The molecule has 10 heteroatoms. The Bertz CT molecular complexity index is 1330. The highest BCUT2D eigenvalue weighted by molar-refractivity contribution is 7.89. The Morgan fingerprint density at radius 1 is 1.06 bits per heavy atom. The van der Waals surface area contributed by atoms with Crippen LogP contribution in [0.4, 0.5) is 9.39 Å². The molecular weight excluding hydrogens is 491 g/mol. The van der Waals surface area contributed by atoms with Crippen LogP contribution in [0.25, 0.3) is 11.1 Å². The molecule has 1 aromatic heterocycles. The van der Waals surface area contributed by atoms with Crippen LogP contribution < -0.4 is 10.0 Å². The minimum atomic E-state index is -4.07. The number of halogens is 1. The second kappa shape index (κ2) is 11.1. The lowest BCUT2D eigenvalue weighted by Gasteiger charge is -2.17. The first-order chi connectivity index (χ1) is 16.6. The molecule has 0 aliphatic rings. The van der Waals surface area contributed by atoms with Gasteiger partial charge in [-0.1, -0.05) is 30.7 Å². The molecule has 0 spiro atoms. The minimum Gasteiger partial charge on any atom is -0.462 e. The standard InChI is InChI=1S/C25H27FN2O5S2/c1-5-21(28-35(31,32)18-10-8-17(26)9-11-18)23(29)27-24-22(25(30)33-6-2)20(14-34-24)19-12-7-15(3)13-16(19)4/h7-14,21,28H,5-6H2,1-4H3,(H,27,29). The van der Waals surface area contributed by atoms with Gasteiger partial charge in [0.05, 0.1) is 11.5 Å². The van der Waals surface area contributed by atoms with Crippen molar-refractivity contribution in [3.8, 4) is 11.1 Å². The number of aryl methyl sites for hydroxylation is 2. The fourth-order valence-electron chi connectivity index (χ4n) is 3.56. The number of hydrogen-bond acceptors (Lipinski definition) is 6. The Balaban J connectivity index is 1.91. The van der Waals surface area contributed by atoms with E-state index < -0.39 is 33.8 Å². The van der Waals surface area contributed by atoms with E-state index in [9.17, 15) is 22.4 Å². The Labute approximate surface area is 208 Å². The summed E-state index contributed by atoms with van der Waals surface area (Å²) in [5, 5.41) is 4.73. The molecule has 0 radical (unpaired) electrons. The summed E-state index contributed by atoms with van der Waals surface area (Å²) in [5.41, 5.74) is 3.71. The number of sulfonamides is 1. The first-order valence-corrected chi connectivity index (χ1v) is 13.4. The summed E-state index contributed by atoms with van der Waals surface area (Å²) in [6.07, 6.45) is 0.149. The van der Waals surface area contributed by atoms with E-state index in [1.165, 1.54) is 0 Å². The molecule has 0 aliphatic carbocycles. The van der Waals surface area contributed by atoms with E-state index in [4.69, 9.17) is 4.74 Å². The maximum absolute atomic E-state index is 13.2. The van der Waals surface area contributed by atoms with Crippen LogP contribution in [0.1, 0.15) is 41.8 Å². The summed E-state index contributed by atoms with van der Waals surface area (Å²) in [6.45, 7) is 7.41. The van der Waals surface area contributed by atoms with Crippen molar-refractivity contribution in [1.29, 1.82) is 0 Å². The summed E-state index contributed by atoms with van der Waals surface area (Å²) >= 11 is 1.16. The van der Waals surface area contributed by atoms with Crippen LogP contribution in [-0.2, 0) is 19.6 Å². The van der Waals surface area contributed by atoms with Crippen LogP contribution in [-0.4, -0.2) is 32.9 Å². The number of nitrogens with one attached hydrogen (secondary N) is 2. The number of esters is 1. The number of rotatable bonds is 9. The van der Waals surface area contributed by atoms with Crippen LogP contribution in [0.3, 0.4) is 0 Å². The zero-order valence-corrected chi connectivity index (χ0v) is 21.5. The van der Waals surface area contributed by atoms with Gasteiger partial charge >= 0.3 is 5.97 Å². The molecule has 1 amide bonds. The quantitative estimate of drug-likeness (QED) is 0.386. The molecule has 2 N–H and O–H groups in total. The van der Waals surface area contributed by atoms with E-state index in [0.717, 1.165) is 52.3 Å². The average Bonchev–Trinajstić information content (AvgIpc) is 3.21. The van der Waals surface area contributed by atoms with E-state index in [1.807, 2.05) is 32.0 Å². The maximum atomic E-state index is 13.2. The lowest BCUT2D eigenvalue weighted by Crippen LogP contribution is -2.43. The van der Waals surface area contributed by atoms with Gasteiger partial charge in [0.2, 0.25) is 15.9 Å². The van der Waals surface area contributed by atoms with Crippen molar-refractivity contribution >= 4 is 38.2 Å². The Morgan fingerprint density at radius 2 is 1.74 bits per heavy atom. The molecule has 186 valence electrons. The zero-order valence-electron chi connectivity index (χ0n) is 19.8. The molecule has 2 aromatic carbocycles. The van der Waals surface area contributed by atoms with Crippen molar-refractivity contribution in [1.82, 2.24) is 4.72 Å². The number of anilines is 1. The van der Waals surface area contributed by atoms with Gasteiger partial charge in [0.15, 0.2) is 0 Å². The van der Waals surface area contributed by atoms with E-state index in [0.29, 0.717) is 5.56 Å². The van der Waals surface area contributed by atoms with Crippen LogP contribution in [0.5, 0.6) is 0 Å². The SMILES string of the molecule is CCOC(=O)c1c(-c2ccc(C)cc2C)csc1NC(=O)C(CC)NS(=O)(=O)c1ccc(F)cc1. The molecule has 1 atom stereocenters. The molecule has 35 heavy (non-hydrogen) atoms. The number of ether oxygens (including phenoxy) is 1. The highest BCUT2D eigenvalue weighted by Crippen LogP contribution is 2.38. The average molecular weight is 519 g/mol. The van der Waals surface area contributed by atoms with Gasteiger partial charge in [-0.2, -0.15) is 4.72 Å². The van der Waals surface area contributed by atoms with Crippen LogP contribution >= 0.6 is 11.3 Å². The molecule has 0 saturated carbocycles. The number of hydrogen-bond donors (Lipinski definition) is 2. The predicted molar refractivity (Wildman–Crippen MR) is 135 cm³/mol. The first-order valence-electron chi connectivity index (χ1n) is 11.0. The van der Waals surface area contributed by atoms with Crippen molar-refractivity contribution in [3.05, 3.63) is 70.4 Å². The van der Waals surface area contributed by atoms with Gasteiger partial charge in [0.1, 0.15) is 22.4 Å². The third-order valence-electron chi connectivity index (χ3n) is 5.33. The van der Waals surface area contributed by atoms with Crippen molar-refractivity contribution in [3.63, 3.8) is 0 Å². The van der Waals surface area contributed by atoms with E-state index in [-0.39, 0.29) is 28.5 Å². The Morgan fingerprint density at radius 3 is 2.34 bits per heavy atom. The van der Waals surface area contributed by atoms with Gasteiger partial charge in [-0.15, -0.1) is 11.3 Å². The lowest BCUT2D eigenvalue weighted by atomic mass is 9.97. The smallest absolute Gasteiger partial charge is 0.341 e. The third-order valence-corrected chi connectivity index (χ3v) is 7.71. The number of carbonyl (C=O) groups excluding carboxylic acids is 2. The fraction of sp³-hybridized carbons (Fsp3) is 0.280. The predicted octanol–water partition coefficient (Wildman–Crippen LogP) is 5.04.